The van der Waals surface area contributed by atoms with E-state index in [0.29, 0.717) is 16.7 Å². The molecule has 4 rings (SSSR count). The van der Waals surface area contributed by atoms with E-state index in [4.69, 9.17) is 4.42 Å². The van der Waals surface area contributed by atoms with Crippen LogP contribution in [0.3, 0.4) is 0 Å². The lowest BCUT2D eigenvalue weighted by Crippen LogP contribution is -2.22. The third-order valence-electron chi connectivity index (χ3n) is 5.39. The van der Waals surface area contributed by atoms with E-state index in [2.05, 4.69) is 14.8 Å². The van der Waals surface area contributed by atoms with E-state index in [0.717, 1.165) is 35.1 Å². The Morgan fingerprint density at radius 3 is 2.63 bits per heavy atom. The van der Waals surface area contributed by atoms with Crippen molar-refractivity contribution in [2.24, 2.45) is 0 Å². The van der Waals surface area contributed by atoms with Crippen molar-refractivity contribution in [2.75, 3.05) is 14.1 Å². The number of benzene rings is 1. The van der Waals surface area contributed by atoms with Crippen molar-refractivity contribution in [3.8, 4) is 11.6 Å². The highest BCUT2D eigenvalue weighted by Crippen LogP contribution is 2.36. The minimum absolute atomic E-state index is 0.302. The van der Waals surface area contributed by atoms with E-state index >= 15 is 0 Å². The molecule has 0 saturated heterocycles. The number of rotatable bonds is 7. The molecule has 0 amide bonds. The molecule has 0 N–H and O–H groups in total. The molecule has 0 unspecified atom stereocenters. The summed E-state index contributed by atoms with van der Waals surface area (Å²) in [6, 6.07) is 11.2. The van der Waals surface area contributed by atoms with Crippen LogP contribution in [0.5, 0.6) is 0 Å². The SMILES string of the molecule is CN(C)S(=O)(=O)c1cccc(CSc2nnc(-c3ccco3)n2C2CCCCC2)c1. The zero-order chi connectivity index (χ0) is 21.1. The van der Waals surface area contributed by atoms with Crippen LogP contribution in [0.25, 0.3) is 11.6 Å². The lowest BCUT2D eigenvalue weighted by molar-refractivity contribution is 0.337. The quantitative estimate of drug-likeness (QED) is 0.494. The summed E-state index contributed by atoms with van der Waals surface area (Å²) < 4.78 is 33.9. The Bertz CT molecular complexity index is 1090. The molecule has 0 bridgehead atoms. The van der Waals surface area contributed by atoms with Gasteiger partial charge in [0.15, 0.2) is 10.9 Å². The van der Waals surface area contributed by atoms with Crippen LogP contribution >= 0.6 is 11.8 Å². The van der Waals surface area contributed by atoms with Crippen LogP contribution in [-0.2, 0) is 15.8 Å². The second-order valence-electron chi connectivity index (χ2n) is 7.67. The molecule has 1 aromatic carbocycles. The number of thioether (sulfide) groups is 1. The molecular weight excluding hydrogens is 420 g/mol. The van der Waals surface area contributed by atoms with Gasteiger partial charge in [-0.1, -0.05) is 43.2 Å². The van der Waals surface area contributed by atoms with Gasteiger partial charge in [-0.05, 0) is 42.7 Å². The number of sulfonamides is 1. The molecule has 9 heteroatoms. The maximum absolute atomic E-state index is 12.4. The average molecular weight is 447 g/mol. The van der Waals surface area contributed by atoms with E-state index < -0.39 is 10.0 Å². The highest BCUT2D eigenvalue weighted by molar-refractivity contribution is 7.98. The fraction of sp³-hybridized carbons (Fsp3) is 0.429. The molecule has 3 aromatic rings. The van der Waals surface area contributed by atoms with E-state index in [1.165, 1.54) is 23.6 Å². The lowest BCUT2D eigenvalue weighted by atomic mass is 9.95. The normalized spacial score (nSPS) is 15.7. The maximum Gasteiger partial charge on any atom is 0.242 e. The number of furan rings is 1. The number of nitrogens with zero attached hydrogens (tertiary/aromatic N) is 4. The van der Waals surface area contributed by atoms with E-state index in [1.807, 2.05) is 18.2 Å². The zero-order valence-corrected chi connectivity index (χ0v) is 18.8. The van der Waals surface area contributed by atoms with Gasteiger partial charge < -0.3 is 4.42 Å². The summed E-state index contributed by atoms with van der Waals surface area (Å²) in [7, 11) is -0.372. The minimum Gasteiger partial charge on any atom is -0.461 e. The van der Waals surface area contributed by atoms with Gasteiger partial charge in [-0.15, -0.1) is 10.2 Å². The first-order chi connectivity index (χ1) is 14.5. The molecule has 7 nitrogen and oxygen atoms in total. The van der Waals surface area contributed by atoms with Crippen LogP contribution in [0.15, 0.2) is 57.1 Å². The number of hydrogen-bond donors (Lipinski definition) is 0. The number of aromatic nitrogens is 3. The smallest absolute Gasteiger partial charge is 0.242 e. The summed E-state index contributed by atoms with van der Waals surface area (Å²) in [5.74, 6) is 2.09. The first-order valence-corrected chi connectivity index (χ1v) is 12.5. The van der Waals surface area contributed by atoms with E-state index in [9.17, 15) is 8.42 Å². The highest BCUT2D eigenvalue weighted by atomic mass is 32.2. The Balaban J connectivity index is 1.60. The summed E-state index contributed by atoms with van der Waals surface area (Å²) in [6.45, 7) is 0. The van der Waals surface area contributed by atoms with Crippen molar-refractivity contribution >= 4 is 21.8 Å². The zero-order valence-electron chi connectivity index (χ0n) is 17.2. The number of hydrogen-bond acceptors (Lipinski definition) is 6. The van der Waals surface area contributed by atoms with Gasteiger partial charge in [0.1, 0.15) is 0 Å². The predicted octanol–water partition coefficient (Wildman–Crippen LogP) is 4.59. The highest BCUT2D eigenvalue weighted by Gasteiger charge is 2.25. The Kier molecular flexibility index (Phi) is 6.31. The Morgan fingerprint density at radius 1 is 1.13 bits per heavy atom. The summed E-state index contributed by atoms with van der Waals surface area (Å²) in [4.78, 5) is 0.302. The van der Waals surface area contributed by atoms with E-state index in [-0.39, 0.29) is 0 Å². The third-order valence-corrected chi connectivity index (χ3v) is 8.22. The van der Waals surface area contributed by atoms with Gasteiger partial charge in [0.2, 0.25) is 15.8 Å². The monoisotopic (exact) mass is 446 g/mol. The van der Waals surface area contributed by atoms with Crippen LogP contribution in [0.4, 0.5) is 0 Å². The van der Waals surface area contributed by atoms with Crippen LogP contribution in [0.2, 0.25) is 0 Å². The Hall–Kier alpha value is -2.10. The topological polar surface area (TPSA) is 81.2 Å². The summed E-state index contributed by atoms with van der Waals surface area (Å²) in [5, 5.41) is 9.71. The van der Waals surface area contributed by atoms with Crippen LogP contribution in [-0.4, -0.2) is 41.6 Å². The van der Waals surface area contributed by atoms with Gasteiger partial charge in [0.25, 0.3) is 0 Å². The van der Waals surface area contributed by atoms with Gasteiger partial charge >= 0.3 is 0 Å². The molecular formula is C21H26N4O3S2. The van der Waals surface area contributed by atoms with Crippen molar-refractivity contribution in [1.29, 1.82) is 0 Å². The van der Waals surface area contributed by atoms with Crippen LogP contribution < -0.4 is 0 Å². The van der Waals surface area contributed by atoms with Gasteiger partial charge in [0, 0.05) is 25.9 Å². The molecule has 1 aliphatic carbocycles. The van der Waals surface area contributed by atoms with Crippen molar-refractivity contribution in [3.05, 3.63) is 48.2 Å². The Morgan fingerprint density at radius 2 is 1.93 bits per heavy atom. The van der Waals surface area contributed by atoms with Crippen molar-refractivity contribution in [3.63, 3.8) is 0 Å². The van der Waals surface area contributed by atoms with Crippen LogP contribution in [0, 0.1) is 0 Å². The molecule has 2 aromatic heterocycles. The molecule has 30 heavy (non-hydrogen) atoms. The second-order valence-corrected chi connectivity index (χ2v) is 10.8. The van der Waals surface area contributed by atoms with Crippen molar-refractivity contribution < 1.29 is 12.8 Å². The molecule has 0 spiro atoms. The summed E-state index contributed by atoms with van der Waals surface area (Å²) >= 11 is 1.58. The third kappa shape index (κ3) is 4.33. The predicted molar refractivity (Wildman–Crippen MR) is 117 cm³/mol. The fourth-order valence-corrected chi connectivity index (χ4v) is 5.69. The molecule has 2 heterocycles. The van der Waals surface area contributed by atoms with Gasteiger partial charge in [-0.3, -0.25) is 4.57 Å². The standard InChI is InChI=1S/C21H26N4O3S2/c1-24(2)30(26,27)18-11-6-8-16(14-18)15-29-21-23-22-20(19-12-7-13-28-19)25(21)17-9-4-3-5-10-17/h6-8,11-14,17H,3-5,9-10,15H2,1-2H3. The Labute approximate surface area is 181 Å². The minimum atomic E-state index is -3.45. The van der Waals surface area contributed by atoms with Crippen LogP contribution in [0.1, 0.15) is 43.7 Å². The average Bonchev–Trinajstić information content (AvgIpc) is 3.42. The van der Waals surface area contributed by atoms with Crippen molar-refractivity contribution in [2.45, 2.75) is 54.0 Å². The first-order valence-electron chi connectivity index (χ1n) is 10.1. The molecule has 0 radical (unpaired) electrons. The van der Waals surface area contributed by atoms with Crippen molar-refractivity contribution in [1.82, 2.24) is 19.1 Å². The molecule has 1 aliphatic rings. The van der Waals surface area contributed by atoms with Gasteiger partial charge in [-0.2, -0.15) is 0 Å². The molecule has 0 atom stereocenters. The lowest BCUT2D eigenvalue weighted by Gasteiger charge is -2.25. The fourth-order valence-electron chi connectivity index (χ4n) is 3.77. The van der Waals surface area contributed by atoms with Gasteiger partial charge in [0.05, 0.1) is 11.2 Å². The first kappa shape index (κ1) is 21.1. The largest absolute Gasteiger partial charge is 0.461 e. The molecule has 0 aliphatic heterocycles. The van der Waals surface area contributed by atoms with E-state index in [1.54, 1.807) is 50.3 Å². The maximum atomic E-state index is 12.4. The second kappa shape index (κ2) is 8.95. The van der Waals surface area contributed by atoms with Gasteiger partial charge in [-0.25, -0.2) is 12.7 Å². The molecule has 1 fully saturated rings. The molecule has 160 valence electrons. The molecule has 1 saturated carbocycles. The summed E-state index contributed by atoms with van der Waals surface area (Å²) in [5.41, 5.74) is 0.931. The summed E-state index contributed by atoms with van der Waals surface area (Å²) in [6.07, 6.45) is 7.54.